The first-order chi connectivity index (χ1) is 7.38. The minimum atomic E-state index is 0.308. The highest BCUT2D eigenvalue weighted by atomic mass is 16.3. The first-order valence-corrected chi connectivity index (χ1v) is 6.33. The molecule has 1 aliphatic carbocycles. The van der Waals surface area contributed by atoms with Gasteiger partial charge in [-0.05, 0) is 44.6 Å². The molecule has 1 aliphatic rings. The molecule has 3 heteroatoms. The largest absolute Gasteiger partial charge is 0.396 e. The van der Waals surface area contributed by atoms with E-state index < -0.39 is 0 Å². The van der Waals surface area contributed by atoms with Crippen LogP contribution < -0.4 is 5.32 Å². The molecule has 0 aliphatic heterocycles. The van der Waals surface area contributed by atoms with E-state index in [4.69, 9.17) is 5.11 Å². The predicted octanol–water partition coefficient (Wildman–Crippen LogP) is 1.29. The maximum absolute atomic E-state index is 9.23. The second-order valence-corrected chi connectivity index (χ2v) is 4.57. The molecule has 2 atom stereocenters. The van der Waals surface area contributed by atoms with Crippen molar-refractivity contribution in [3.8, 4) is 0 Å². The Hall–Kier alpha value is -0.120. The van der Waals surface area contributed by atoms with Crippen LogP contribution in [0, 0.1) is 5.92 Å². The van der Waals surface area contributed by atoms with Crippen molar-refractivity contribution in [2.24, 2.45) is 5.92 Å². The topological polar surface area (TPSA) is 52.5 Å². The summed E-state index contributed by atoms with van der Waals surface area (Å²) in [7, 11) is 0. The highest BCUT2D eigenvalue weighted by Crippen LogP contribution is 2.23. The van der Waals surface area contributed by atoms with Crippen molar-refractivity contribution >= 4 is 0 Å². The van der Waals surface area contributed by atoms with Gasteiger partial charge < -0.3 is 15.5 Å². The molecule has 1 saturated carbocycles. The quantitative estimate of drug-likeness (QED) is 0.561. The van der Waals surface area contributed by atoms with Gasteiger partial charge in [0.1, 0.15) is 0 Å². The number of nitrogens with one attached hydrogen (secondary N) is 1. The van der Waals surface area contributed by atoms with Crippen LogP contribution in [0.15, 0.2) is 0 Å². The molecule has 0 heterocycles. The Morgan fingerprint density at radius 3 is 2.53 bits per heavy atom. The lowest BCUT2D eigenvalue weighted by Crippen LogP contribution is -2.40. The highest BCUT2D eigenvalue weighted by Gasteiger charge is 2.23. The molecule has 0 aromatic heterocycles. The Bertz CT molecular complexity index is 153. The Labute approximate surface area is 92.9 Å². The van der Waals surface area contributed by atoms with E-state index in [9.17, 15) is 5.11 Å². The molecule has 0 amide bonds. The zero-order chi connectivity index (χ0) is 10.9. The van der Waals surface area contributed by atoms with Crippen LogP contribution in [0.4, 0.5) is 0 Å². The first kappa shape index (κ1) is 12.9. The third-order valence-electron chi connectivity index (χ3n) is 3.39. The second-order valence-electron chi connectivity index (χ2n) is 4.57. The van der Waals surface area contributed by atoms with Crippen LogP contribution >= 0.6 is 0 Å². The predicted molar refractivity (Wildman–Crippen MR) is 61.8 cm³/mol. The summed E-state index contributed by atoms with van der Waals surface area (Å²) >= 11 is 0. The van der Waals surface area contributed by atoms with Gasteiger partial charge in [-0.3, -0.25) is 0 Å². The molecule has 0 bridgehead atoms. The molecule has 0 saturated heterocycles. The van der Waals surface area contributed by atoms with E-state index in [0.717, 1.165) is 25.8 Å². The van der Waals surface area contributed by atoms with E-state index >= 15 is 0 Å². The smallest absolute Gasteiger partial charge is 0.0474 e. The van der Waals surface area contributed by atoms with Gasteiger partial charge in [-0.2, -0.15) is 0 Å². The zero-order valence-corrected chi connectivity index (χ0v) is 9.62. The zero-order valence-electron chi connectivity index (χ0n) is 9.62. The van der Waals surface area contributed by atoms with Gasteiger partial charge in [0, 0.05) is 19.3 Å². The fourth-order valence-electron chi connectivity index (χ4n) is 2.40. The minimum absolute atomic E-state index is 0.308. The summed E-state index contributed by atoms with van der Waals surface area (Å²) in [5, 5.41) is 21.4. The minimum Gasteiger partial charge on any atom is -0.396 e. The van der Waals surface area contributed by atoms with Gasteiger partial charge >= 0.3 is 0 Å². The number of aliphatic hydroxyl groups is 2. The standard InChI is InChI=1S/C12H25NO2/c14-9-5-1-4-8-13-12-7-3-2-6-11(12)10-15/h11-15H,1-10H2/t11?,12-/m1/s1. The van der Waals surface area contributed by atoms with Crippen molar-refractivity contribution in [1.29, 1.82) is 0 Å². The SMILES string of the molecule is OCCCCCN[C@@H]1CCCCC1CO. The normalized spacial score (nSPS) is 26.8. The third-order valence-corrected chi connectivity index (χ3v) is 3.39. The first-order valence-electron chi connectivity index (χ1n) is 6.33. The number of unbranched alkanes of at least 4 members (excludes halogenated alkanes) is 2. The Morgan fingerprint density at radius 2 is 1.80 bits per heavy atom. The van der Waals surface area contributed by atoms with Gasteiger partial charge in [-0.25, -0.2) is 0 Å². The molecular weight excluding hydrogens is 190 g/mol. The number of rotatable bonds is 7. The van der Waals surface area contributed by atoms with Crippen LogP contribution in [-0.4, -0.2) is 36.0 Å². The van der Waals surface area contributed by atoms with E-state index in [1.54, 1.807) is 0 Å². The lowest BCUT2D eigenvalue weighted by atomic mass is 9.85. The molecule has 0 aromatic rings. The lowest BCUT2D eigenvalue weighted by molar-refractivity contribution is 0.153. The molecule has 0 aromatic carbocycles. The van der Waals surface area contributed by atoms with Crippen LogP contribution in [0.1, 0.15) is 44.9 Å². The molecule has 0 radical (unpaired) electrons. The van der Waals surface area contributed by atoms with Crippen LogP contribution in [0.2, 0.25) is 0 Å². The fraction of sp³-hybridized carbons (Fsp3) is 1.00. The van der Waals surface area contributed by atoms with Gasteiger partial charge in [-0.15, -0.1) is 0 Å². The molecule has 3 nitrogen and oxygen atoms in total. The monoisotopic (exact) mass is 215 g/mol. The van der Waals surface area contributed by atoms with Gasteiger partial charge in [-0.1, -0.05) is 12.8 Å². The number of hydrogen-bond donors (Lipinski definition) is 3. The van der Waals surface area contributed by atoms with E-state index in [1.165, 1.54) is 25.7 Å². The van der Waals surface area contributed by atoms with Crippen molar-refractivity contribution in [1.82, 2.24) is 5.32 Å². The van der Waals surface area contributed by atoms with Crippen molar-refractivity contribution in [2.45, 2.75) is 51.0 Å². The molecule has 90 valence electrons. The fourth-order valence-corrected chi connectivity index (χ4v) is 2.40. The van der Waals surface area contributed by atoms with Gasteiger partial charge in [0.05, 0.1) is 0 Å². The Balaban J connectivity index is 2.07. The van der Waals surface area contributed by atoms with Crippen LogP contribution in [0.5, 0.6) is 0 Å². The second kappa shape index (κ2) is 8.08. The van der Waals surface area contributed by atoms with Crippen LogP contribution in [0.3, 0.4) is 0 Å². The molecule has 1 unspecified atom stereocenters. The number of aliphatic hydroxyl groups excluding tert-OH is 2. The summed E-state index contributed by atoms with van der Waals surface area (Å²) in [6, 6.07) is 0.526. The lowest BCUT2D eigenvalue weighted by Gasteiger charge is -2.31. The van der Waals surface area contributed by atoms with Gasteiger partial charge in [0.25, 0.3) is 0 Å². The molecule has 1 rings (SSSR count). The summed E-state index contributed by atoms with van der Waals surface area (Å²) in [6.07, 6.45) is 8.10. The average Bonchev–Trinajstić information content (AvgIpc) is 2.29. The van der Waals surface area contributed by atoms with Crippen molar-refractivity contribution in [3.63, 3.8) is 0 Å². The molecule has 1 fully saturated rings. The maximum Gasteiger partial charge on any atom is 0.0474 e. The van der Waals surface area contributed by atoms with E-state index in [-0.39, 0.29) is 0 Å². The Morgan fingerprint density at radius 1 is 1.00 bits per heavy atom. The summed E-state index contributed by atoms with van der Waals surface area (Å²) < 4.78 is 0. The van der Waals surface area contributed by atoms with Crippen molar-refractivity contribution in [3.05, 3.63) is 0 Å². The molecule has 3 N–H and O–H groups in total. The molecule has 15 heavy (non-hydrogen) atoms. The van der Waals surface area contributed by atoms with Crippen molar-refractivity contribution < 1.29 is 10.2 Å². The van der Waals surface area contributed by atoms with E-state index in [2.05, 4.69) is 5.32 Å². The average molecular weight is 215 g/mol. The van der Waals surface area contributed by atoms with Crippen LogP contribution in [-0.2, 0) is 0 Å². The van der Waals surface area contributed by atoms with Crippen molar-refractivity contribution in [2.75, 3.05) is 19.8 Å². The van der Waals surface area contributed by atoms with Crippen LogP contribution in [0.25, 0.3) is 0 Å². The summed E-state index contributed by atoms with van der Waals surface area (Å²) in [5.74, 6) is 0.469. The van der Waals surface area contributed by atoms with Gasteiger partial charge in [0.2, 0.25) is 0 Å². The third kappa shape index (κ3) is 4.96. The maximum atomic E-state index is 9.23. The summed E-state index contributed by atoms with van der Waals surface area (Å²) in [5.41, 5.74) is 0. The molecule has 0 spiro atoms. The van der Waals surface area contributed by atoms with E-state index in [0.29, 0.717) is 25.2 Å². The molecular formula is C12H25NO2. The summed E-state index contributed by atoms with van der Waals surface area (Å²) in [6.45, 7) is 1.66. The summed E-state index contributed by atoms with van der Waals surface area (Å²) in [4.78, 5) is 0. The Kier molecular flexibility index (Phi) is 6.98. The highest BCUT2D eigenvalue weighted by molar-refractivity contribution is 4.80. The van der Waals surface area contributed by atoms with E-state index in [1.807, 2.05) is 0 Å². The number of hydrogen-bond acceptors (Lipinski definition) is 3. The van der Waals surface area contributed by atoms with Gasteiger partial charge in [0.15, 0.2) is 0 Å².